The van der Waals surface area contributed by atoms with E-state index in [1.807, 2.05) is 36.4 Å². The summed E-state index contributed by atoms with van der Waals surface area (Å²) in [6, 6.07) is 15.2. The maximum absolute atomic E-state index is 11.7. The number of aromatic nitrogens is 2. The van der Waals surface area contributed by atoms with Crippen LogP contribution >= 0.6 is 0 Å². The Labute approximate surface area is 110 Å². The average molecular weight is 246 g/mol. The van der Waals surface area contributed by atoms with Gasteiger partial charge in [0.15, 0.2) is 0 Å². The molecule has 0 aliphatic rings. The summed E-state index contributed by atoms with van der Waals surface area (Å²) in [7, 11) is 0. The van der Waals surface area contributed by atoms with E-state index in [4.69, 9.17) is 0 Å². The fraction of sp³-hybridized carbons (Fsp3) is 0. The maximum Gasteiger partial charge on any atom is 0.258 e. The van der Waals surface area contributed by atoms with Crippen molar-refractivity contribution in [1.29, 1.82) is 0 Å². The van der Waals surface area contributed by atoms with E-state index in [-0.39, 0.29) is 5.56 Å². The number of hydrogen-bond acceptors (Lipinski definition) is 2. The van der Waals surface area contributed by atoms with Crippen LogP contribution in [0.1, 0.15) is 11.1 Å². The summed E-state index contributed by atoms with van der Waals surface area (Å²) >= 11 is 0. The molecule has 0 saturated carbocycles. The molecule has 0 aliphatic carbocycles. The van der Waals surface area contributed by atoms with E-state index in [1.165, 1.54) is 6.33 Å². The van der Waals surface area contributed by atoms with Gasteiger partial charge in [0.25, 0.3) is 5.56 Å². The van der Waals surface area contributed by atoms with Gasteiger partial charge in [-0.25, -0.2) is 4.98 Å². The molecule has 3 aromatic rings. The monoisotopic (exact) mass is 246 g/mol. The van der Waals surface area contributed by atoms with Crippen molar-refractivity contribution in [1.82, 2.24) is 9.97 Å². The van der Waals surface area contributed by atoms with Crippen molar-refractivity contribution in [3.8, 4) is 11.8 Å². The standard InChI is InChI=1S/C16H10N2O/c19-16-14-10-13(8-9-15(14)17-11-18-16)7-6-12-4-2-1-3-5-12/h1-5,8-11H,(H,17,18,19). The van der Waals surface area contributed by atoms with Gasteiger partial charge in [-0.2, -0.15) is 0 Å². The van der Waals surface area contributed by atoms with Crippen LogP contribution in [0.2, 0.25) is 0 Å². The first-order valence-electron chi connectivity index (χ1n) is 5.87. The number of benzene rings is 2. The van der Waals surface area contributed by atoms with Gasteiger partial charge in [0.05, 0.1) is 17.2 Å². The quantitative estimate of drug-likeness (QED) is 0.619. The van der Waals surface area contributed by atoms with Crippen molar-refractivity contribution < 1.29 is 0 Å². The van der Waals surface area contributed by atoms with Crippen molar-refractivity contribution in [3.05, 3.63) is 76.3 Å². The maximum atomic E-state index is 11.7. The Hall–Kier alpha value is -2.86. The van der Waals surface area contributed by atoms with Gasteiger partial charge < -0.3 is 4.98 Å². The fourth-order valence-corrected chi connectivity index (χ4v) is 1.81. The molecular weight excluding hydrogens is 236 g/mol. The fourth-order valence-electron chi connectivity index (χ4n) is 1.81. The van der Waals surface area contributed by atoms with Crippen molar-refractivity contribution in [2.75, 3.05) is 0 Å². The van der Waals surface area contributed by atoms with Gasteiger partial charge in [-0.1, -0.05) is 30.0 Å². The lowest BCUT2D eigenvalue weighted by Crippen LogP contribution is -2.06. The topological polar surface area (TPSA) is 45.8 Å². The van der Waals surface area contributed by atoms with Crippen LogP contribution < -0.4 is 5.56 Å². The summed E-state index contributed by atoms with van der Waals surface area (Å²) in [5, 5.41) is 0.558. The predicted octanol–water partition coefficient (Wildman–Crippen LogP) is 2.32. The Balaban J connectivity index is 2.06. The van der Waals surface area contributed by atoms with Crippen LogP contribution in [0.3, 0.4) is 0 Å². The van der Waals surface area contributed by atoms with Crippen LogP contribution in [-0.2, 0) is 0 Å². The second-order valence-corrected chi connectivity index (χ2v) is 4.08. The van der Waals surface area contributed by atoms with Crippen LogP contribution in [0.5, 0.6) is 0 Å². The molecule has 1 N–H and O–H groups in total. The minimum Gasteiger partial charge on any atom is -0.313 e. The first-order chi connectivity index (χ1) is 9.33. The van der Waals surface area contributed by atoms with Crippen molar-refractivity contribution in [2.24, 2.45) is 0 Å². The number of hydrogen-bond donors (Lipinski definition) is 1. The van der Waals surface area contributed by atoms with Crippen molar-refractivity contribution in [2.45, 2.75) is 0 Å². The van der Waals surface area contributed by atoms with E-state index >= 15 is 0 Å². The Morgan fingerprint density at radius 1 is 0.947 bits per heavy atom. The zero-order valence-corrected chi connectivity index (χ0v) is 10.1. The molecule has 90 valence electrons. The number of nitrogens with one attached hydrogen (secondary N) is 1. The Morgan fingerprint density at radius 3 is 2.58 bits per heavy atom. The third kappa shape index (κ3) is 2.38. The first-order valence-corrected chi connectivity index (χ1v) is 5.87. The molecule has 0 aliphatic heterocycles. The molecule has 0 saturated heterocycles. The molecule has 1 heterocycles. The van der Waals surface area contributed by atoms with Crippen LogP contribution in [0.25, 0.3) is 10.9 Å². The Bertz CT molecular complexity index is 839. The van der Waals surface area contributed by atoms with Gasteiger partial charge in [0, 0.05) is 11.1 Å². The molecule has 1 aromatic heterocycles. The number of nitrogens with zero attached hydrogens (tertiary/aromatic N) is 1. The molecular formula is C16H10N2O. The molecule has 0 unspecified atom stereocenters. The van der Waals surface area contributed by atoms with E-state index in [2.05, 4.69) is 21.8 Å². The highest BCUT2D eigenvalue weighted by molar-refractivity contribution is 5.78. The molecule has 19 heavy (non-hydrogen) atoms. The molecule has 3 rings (SSSR count). The highest BCUT2D eigenvalue weighted by Gasteiger charge is 1.99. The summed E-state index contributed by atoms with van der Waals surface area (Å²) in [6.45, 7) is 0. The second kappa shape index (κ2) is 4.79. The molecule has 2 aromatic carbocycles. The zero-order chi connectivity index (χ0) is 13.1. The molecule has 0 bridgehead atoms. The summed E-state index contributed by atoms with van der Waals surface area (Å²) in [5.74, 6) is 6.11. The summed E-state index contributed by atoms with van der Waals surface area (Å²) in [5.41, 5.74) is 2.28. The lowest BCUT2D eigenvalue weighted by atomic mass is 10.1. The van der Waals surface area contributed by atoms with Crippen LogP contribution in [-0.4, -0.2) is 9.97 Å². The Kier molecular flexibility index (Phi) is 2.83. The molecule has 0 spiro atoms. The second-order valence-electron chi connectivity index (χ2n) is 4.08. The molecule has 0 amide bonds. The first kappa shape index (κ1) is 11.2. The summed E-state index contributed by atoms with van der Waals surface area (Å²) in [6.07, 6.45) is 1.40. The minimum atomic E-state index is -0.145. The van der Waals surface area contributed by atoms with E-state index in [9.17, 15) is 4.79 Å². The smallest absolute Gasteiger partial charge is 0.258 e. The summed E-state index contributed by atoms with van der Waals surface area (Å²) < 4.78 is 0. The van der Waals surface area contributed by atoms with Gasteiger partial charge >= 0.3 is 0 Å². The largest absolute Gasteiger partial charge is 0.313 e. The number of aromatic amines is 1. The van der Waals surface area contributed by atoms with Gasteiger partial charge in [-0.15, -0.1) is 0 Å². The molecule has 0 fully saturated rings. The third-order valence-corrected chi connectivity index (χ3v) is 2.77. The van der Waals surface area contributed by atoms with Gasteiger partial charge in [-0.05, 0) is 30.3 Å². The molecule has 0 radical (unpaired) electrons. The molecule has 3 heteroatoms. The summed E-state index contributed by atoms with van der Waals surface area (Å²) in [4.78, 5) is 18.3. The van der Waals surface area contributed by atoms with E-state index in [1.54, 1.807) is 12.1 Å². The SMILES string of the molecule is O=c1[nH]cnc2ccc(C#Cc3ccccc3)cc12. The number of rotatable bonds is 0. The van der Waals surface area contributed by atoms with Gasteiger partial charge in [0.2, 0.25) is 0 Å². The lowest BCUT2D eigenvalue weighted by molar-refractivity contribution is 1.17. The van der Waals surface area contributed by atoms with E-state index in [0.29, 0.717) is 10.9 Å². The average Bonchev–Trinajstić information content (AvgIpc) is 2.47. The zero-order valence-electron chi connectivity index (χ0n) is 10.1. The Morgan fingerprint density at radius 2 is 1.74 bits per heavy atom. The molecule has 3 nitrogen and oxygen atoms in total. The highest BCUT2D eigenvalue weighted by Crippen LogP contribution is 2.08. The third-order valence-electron chi connectivity index (χ3n) is 2.77. The van der Waals surface area contributed by atoms with E-state index < -0.39 is 0 Å². The lowest BCUT2D eigenvalue weighted by Gasteiger charge is -1.95. The van der Waals surface area contributed by atoms with Crippen molar-refractivity contribution >= 4 is 10.9 Å². The number of fused-ring (bicyclic) bond motifs is 1. The normalized spacial score (nSPS) is 9.89. The highest BCUT2D eigenvalue weighted by atomic mass is 16.1. The van der Waals surface area contributed by atoms with Gasteiger partial charge in [-0.3, -0.25) is 4.79 Å². The van der Waals surface area contributed by atoms with Crippen LogP contribution in [0.4, 0.5) is 0 Å². The van der Waals surface area contributed by atoms with E-state index in [0.717, 1.165) is 11.1 Å². The van der Waals surface area contributed by atoms with Crippen LogP contribution in [0, 0.1) is 11.8 Å². The minimum absolute atomic E-state index is 0.145. The molecule has 0 atom stereocenters. The van der Waals surface area contributed by atoms with Crippen LogP contribution in [0.15, 0.2) is 59.7 Å². The number of H-pyrrole nitrogens is 1. The van der Waals surface area contributed by atoms with Crippen molar-refractivity contribution in [3.63, 3.8) is 0 Å². The predicted molar refractivity (Wildman–Crippen MR) is 74.8 cm³/mol. The van der Waals surface area contributed by atoms with Gasteiger partial charge in [0.1, 0.15) is 0 Å².